The molecule has 1 aromatic carbocycles. The number of rotatable bonds is 5. The highest BCUT2D eigenvalue weighted by Gasteiger charge is 2.27. The lowest BCUT2D eigenvalue weighted by Crippen LogP contribution is -2.41. The van der Waals surface area contributed by atoms with Gasteiger partial charge in [-0.15, -0.1) is 0 Å². The van der Waals surface area contributed by atoms with Gasteiger partial charge in [0.15, 0.2) is 5.82 Å². The zero-order chi connectivity index (χ0) is 19.5. The van der Waals surface area contributed by atoms with Gasteiger partial charge in [-0.3, -0.25) is 9.59 Å². The first-order chi connectivity index (χ1) is 13.6. The van der Waals surface area contributed by atoms with Crippen molar-refractivity contribution >= 4 is 28.5 Å². The molecule has 2 aromatic heterocycles. The van der Waals surface area contributed by atoms with Crippen LogP contribution in [0, 0.1) is 12.8 Å². The van der Waals surface area contributed by atoms with Crippen molar-refractivity contribution in [1.82, 2.24) is 15.0 Å². The monoisotopic (exact) mass is 380 g/mol. The molecular weight excluding hydrogens is 356 g/mol. The molecule has 1 aliphatic heterocycles. The van der Waals surface area contributed by atoms with Crippen LogP contribution in [0.1, 0.15) is 30.6 Å². The molecule has 0 bridgehead atoms. The van der Waals surface area contributed by atoms with Gasteiger partial charge in [-0.25, -0.2) is 0 Å². The molecule has 0 spiro atoms. The van der Waals surface area contributed by atoms with Gasteiger partial charge in [-0.2, -0.15) is 0 Å². The summed E-state index contributed by atoms with van der Waals surface area (Å²) in [6.45, 7) is 3.01. The molecule has 1 fully saturated rings. The van der Waals surface area contributed by atoms with Gasteiger partial charge < -0.3 is 19.7 Å². The SMILES string of the molecule is Cc1cc(NC(=O)C2CCN(C(=O)CCc3c[nH]c4ccccc34)CC2)no1. The first-order valence-corrected chi connectivity index (χ1v) is 9.67. The lowest BCUT2D eigenvalue weighted by molar-refractivity contribution is -0.134. The maximum absolute atomic E-state index is 12.6. The Morgan fingerprint density at radius 2 is 2.07 bits per heavy atom. The van der Waals surface area contributed by atoms with Gasteiger partial charge in [0.05, 0.1) is 0 Å². The number of aromatic nitrogens is 2. The Kier molecular flexibility index (Phi) is 5.14. The number of anilines is 1. The minimum atomic E-state index is -0.102. The number of carbonyl (C=O) groups excluding carboxylic acids is 2. The van der Waals surface area contributed by atoms with Crippen LogP contribution in [0.2, 0.25) is 0 Å². The van der Waals surface area contributed by atoms with Crippen LogP contribution in [0.25, 0.3) is 10.9 Å². The van der Waals surface area contributed by atoms with E-state index in [1.165, 1.54) is 10.9 Å². The van der Waals surface area contributed by atoms with Crippen LogP contribution < -0.4 is 5.32 Å². The highest BCUT2D eigenvalue weighted by molar-refractivity contribution is 5.92. The van der Waals surface area contributed by atoms with Gasteiger partial charge in [-0.05, 0) is 37.8 Å². The van der Waals surface area contributed by atoms with E-state index in [1.807, 2.05) is 29.3 Å². The molecule has 1 aliphatic rings. The van der Waals surface area contributed by atoms with E-state index in [1.54, 1.807) is 13.0 Å². The summed E-state index contributed by atoms with van der Waals surface area (Å²) in [5, 5.41) is 7.75. The van der Waals surface area contributed by atoms with Gasteiger partial charge in [0, 0.05) is 48.6 Å². The summed E-state index contributed by atoms with van der Waals surface area (Å²) in [5.41, 5.74) is 2.26. The van der Waals surface area contributed by atoms with Crippen molar-refractivity contribution in [2.24, 2.45) is 5.92 Å². The highest BCUT2D eigenvalue weighted by atomic mass is 16.5. The van der Waals surface area contributed by atoms with E-state index in [2.05, 4.69) is 21.5 Å². The molecule has 2 amide bonds. The van der Waals surface area contributed by atoms with E-state index >= 15 is 0 Å². The molecule has 28 heavy (non-hydrogen) atoms. The second-order valence-electron chi connectivity index (χ2n) is 7.33. The van der Waals surface area contributed by atoms with E-state index in [0.717, 1.165) is 11.9 Å². The van der Waals surface area contributed by atoms with E-state index in [9.17, 15) is 9.59 Å². The summed E-state index contributed by atoms with van der Waals surface area (Å²) < 4.78 is 4.97. The number of H-pyrrole nitrogens is 1. The van der Waals surface area contributed by atoms with Crippen LogP contribution >= 0.6 is 0 Å². The van der Waals surface area contributed by atoms with E-state index in [-0.39, 0.29) is 17.7 Å². The summed E-state index contributed by atoms with van der Waals surface area (Å²) >= 11 is 0. The zero-order valence-electron chi connectivity index (χ0n) is 15.9. The Labute approximate surface area is 163 Å². The lowest BCUT2D eigenvalue weighted by Gasteiger charge is -2.31. The van der Waals surface area contributed by atoms with Crippen LogP contribution in [0.4, 0.5) is 5.82 Å². The van der Waals surface area contributed by atoms with Crippen LogP contribution in [0.15, 0.2) is 41.1 Å². The number of benzene rings is 1. The van der Waals surface area contributed by atoms with Gasteiger partial charge >= 0.3 is 0 Å². The Balaban J connectivity index is 1.26. The fourth-order valence-electron chi connectivity index (χ4n) is 3.78. The van der Waals surface area contributed by atoms with Crippen LogP contribution in [-0.2, 0) is 16.0 Å². The van der Waals surface area contributed by atoms with Crippen LogP contribution in [0.5, 0.6) is 0 Å². The third kappa shape index (κ3) is 3.93. The van der Waals surface area contributed by atoms with Crippen molar-refractivity contribution in [1.29, 1.82) is 0 Å². The van der Waals surface area contributed by atoms with Crippen molar-refractivity contribution in [2.75, 3.05) is 18.4 Å². The Hall–Kier alpha value is -3.09. The molecule has 1 saturated heterocycles. The molecule has 4 rings (SSSR count). The predicted octanol–water partition coefficient (Wildman–Crippen LogP) is 3.27. The third-order valence-electron chi connectivity index (χ3n) is 5.38. The maximum atomic E-state index is 12.6. The summed E-state index contributed by atoms with van der Waals surface area (Å²) in [4.78, 5) is 30.1. The zero-order valence-corrected chi connectivity index (χ0v) is 15.9. The second-order valence-corrected chi connectivity index (χ2v) is 7.33. The number of hydrogen-bond donors (Lipinski definition) is 2. The first-order valence-electron chi connectivity index (χ1n) is 9.67. The number of nitrogens with one attached hydrogen (secondary N) is 2. The van der Waals surface area contributed by atoms with Gasteiger partial charge in [0.25, 0.3) is 0 Å². The molecule has 7 nitrogen and oxygen atoms in total. The summed E-state index contributed by atoms with van der Waals surface area (Å²) in [6, 6.07) is 9.82. The number of hydrogen-bond acceptors (Lipinski definition) is 4. The average Bonchev–Trinajstić information content (AvgIpc) is 3.32. The van der Waals surface area contributed by atoms with E-state index < -0.39 is 0 Å². The van der Waals surface area contributed by atoms with E-state index in [0.29, 0.717) is 43.9 Å². The molecule has 0 unspecified atom stereocenters. The smallest absolute Gasteiger partial charge is 0.228 e. The van der Waals surface area contributed by atoms with Crippen molar-refractivity contribution in [3.05, 3.63) is 47.9 Å². The standard InChI is InChI=1S/C21H24N4O3/c1-14-12-19(24-28-14)23-21(27)15-8-10-25(11-9-15)20(26)7-6-16-13-22-18-5-3-2-4-17(16)18/h2-5,12-13,15,22H,6-11H2,1H3,(H,23,24,27). The number of aromatic amines is 1. The van der Waals surface area contributed by atoms with Crippen molar-refractivity contribution < 1.29 is 14.1 Å². The maximum Gasteiger partial charge on any atom is 0.228 e. The number of amides is 2. The second kappa shape index (κ2) is 7.88. The number of carbonyl (C=O) groups is 2. The quantitative estimate of drug-likeness (QED) is 0.711. The molecule has 0 radical (unpaired) electrons. The minimum absolute atomic E-state index is 0.0563. The number of nitrogens with zero attached hydrogens (tertiary/aromatic N) is 2. The van der Waals surface area contributed by atoms with Crippen LogP contribution in [-0.4, -0.2) is 39.9 Å². The Morgan fingerprint density at radius 1 is 1.29 bits per heavy atom. The molecule has 0 atom stereocenters. The minimum Gasteiger partial charge on any atom is -0.361 e. The van der Waals surface area contributed by atoms with Crippen molar-refractivity contribution in [3.63, 3.8) is 0 Å². The van der Waals surface area contributed by atoms with Gasteiger partial charge in [0.2, 0.25) is 11.8 Å². The number of aryl methyl sites for hydroxylation is 2. The molecule has 0 aliphatic carbocycles. The van der Waals surface area contributed by atoms with E-state index in [4.69, 9.17) is 4.52 Å². The predicted molar refractivity (Wildman–Crippen MR) is 106 cm³/mol. The van der Waals surface area contributed by atoms with Crippen molar-refractivity contribution in [3.8, 4) is 0 Å². The number of piperidine rings is 1. The topological polar surface area (TPSA) is 91.2 Å². The number of likely N-dealkylation sites (tertiary alicyclic amines) is 1. The highest BCUT2D eigenvalue weighted by Crippen LogP contribution is 2.22. The number of fused-ring (bicyclic) bond motifs is 1. The molecule has 7 heteroatoms. The van der Waals surface area contributed by atoms with Crippen molar-refractivity contribution in [2.45, 2.75) is 32.6 Å². The summed E-state index contributed by atoms with van der Waals surface area (Å²) in [6.07, 6.45) is 4.52. The largest absolute Gasteiger partial charge is 0.361 e. The first kappa shape index (κ1) is 18.3. The van der Waals surface area contributed by atoms with Crippen LogP contribution in [0.3, 0.4) is 0 Å². The fourth-order valence-corrected chi connectivity index (χ4v) is 3.78. The third-order valence-corrected chi connectivity index (χ3v) is 5.38. The molecule has 0 saturated carbocycles. The lowest BCUT2D eigenvalue weighted by atomic mass is 9.95. The van der Waals surface area contributed by atoms with Gasteiger partial charge in [0.1, 0.15) is 5.76 Å². The summed E-state index contributed by atoms with van der Waals surface area (Å²) in [5.74, 6) is 1.09. The Bertz CT molecular complexity index is 982. The normalized spacial score (nSPS) is 15.1. The molecule has 2 N–H and O–H groups in total. The Morgan fingerprint density at radius 3 is 2.82 bits per heavy atom. The molecular formula is C21H24N4O3. The molecule has 3 heterocycles. The fraction of sp³-hybridized carbons (Fsp3) is 0.381. The van der Waals surface area contributed by atoms with Gasteiger partial charge in [-0.1, -0.05) is 23.4 Å². The molecule has 3 aromatic rings. The summed E-state index contributed by atoms with van der Waals surface area (Å²) in [7, 11) is 0. The molecule has 146 valence electrons. The number of para-hydroxylation sites is 1. The average molecular weight is 380 g/mol.